The summed E-state index contributed by atoms with van der Waals surface area (Å²) in [6.07, 6.45) is 0.985. The molecule has 2 aliphatic heterocycles. The Balaban J connectivity index is 1.61. The molecule has 134 valence electrons. The number of para-hydroxylation sites is 1. The molecule has 0 aliphatic carbocycles. The van der Waals surface area contributed by atoms with E-state index in [1.807, 2.05) is 36.4 Å². The summed E-state index contributed by atoms with van der Waals surface area (Å²) >= 11 is 0. The van der Waals surface area contributed by atoms with Crippen LogP contribution in [0.25, 0.3) is 22.2 Å². The largest absolute Gasteiger partial charge is 0.370 e. The van der Waals surface area contributed by atoms with Crippen molar-refractivity contribution in [3.63, 3.8) is 0 Å². The molecule has 0 saturated carbocycles. The maximum Gasteiger partial charge on any atom is 0.235 e. The summed E-state index contributed by atoms with van der Waals surface area (Å²) in [7, 11) is 0. The lowest BCUT2D eigenvalue weighted by Crippen LogP contribution is -2.34. The van der Waals surface area contributed by atoms with Gasteiger partial charge in [0, 0.05) is 36.1 Å². The second-order valence-electron chi connectivity index (χ2n) is 7.42. The van der Waals surface area contributed by atoms with Gasteiger partial charge >= 0.3 is 0 Å². The van der Waals surface area contributed by atoms with Crippen LogP contribution in [0.4, 0.5) is 5.69 Å². The highest BCUT2D eigenvalue weighted by molar-refractivity contribution is 6.06. The van der Waals surface area contributed by atoms with Gasteiger partial charge in [-0.25, -0.2) is 4.98 Å². The van der Waals surface area contributed by atoms with Crippen molar-refractivity contribution < 1.29 is 9.59 Å². The van der Waals surface area contributed by atoms with E-state index < -0.39 is 5.41 Å². The van der Waals surface area contributed by atoms with Crippen molar-refractivity contribution in [1.29, 1.82) is 0 Å². The number of pyridine rings is 1. The minimum Gasteiger partial charge on any atom is -0.370 e. The summed E-state index contributed by atoms with van der Waals surface area (Å²) in [4.78, 5) is 31.2. The van der Waals surface area contributed by atoms with Crippen LogP contribution in [0.15, 0.2) is 60.7 Å². The minimum absolute atomic E-state index is 0.128. The summed E-state index contributed by atoms with van der Waals surface area (Å²) < 4.78 is 0. The third-order valence-corrected chi connectivity index (χ3v) is 5.69. The van der Waals surface area contributed by atoms with Gasteiger partial charge in [-0.2, -0.15) is 0 Å². The molecule has 1 unspecified atom stereocenters. The van der Waals surface area contributed by atoms with Crippen molar-refractivity contribution in [2.24, 2.45) is 5.41 Å². The number of carbonyl (C=O) groups excluding carboxylic acids is 2. The molecule has 2 aromatic carbocycles. The molecule has 1 aromatic heterocycles. The molecular formula is C22H19N3O2. The van der Waals surface area contributed by atoms with E-state index in [2.05, 4.69) is 34.5 Å². The fraction of sp³-hybridized carbons (Fsp3) is 0.227. The van der Waals surface area contributed by atoms with E-state index >= 15 is 0 Å². The van der Waals surface area contributed by atoms with Gasteiger partial charge in [0.2, 0.25) is 11.8 Å². The van der Waals surface area contributed by atoms with E-state index in [9.17, 15) is 9.59 Å². The first-order valence-corrected chi connectivity index (χ1v) is 9.19. The monoisotopic (exact) mass is 357 g/mol. The standard InChI is InChI=1S/C22H19N3O2/c26-20-13-22(21(27)24-20)10-11-25(14-22)19-12-18(15-6-2-1-3-7-15)23-17-9-5-4-8-16(17)19/h1-9,12H,10-11,13-14H2,(H,24,26,27). The highest BCUT2D eigenvalue weighted by Crippen LogP contribution is 2.42. The van der Waals surface area contributed by atoms with Crippen LogP contribution < -0.4 is 10.2 Å². The second-order valence-corrected chi connectivity index (χ2v) is 7.42. The highest BCUT2D eigenvalue weighted by atomic mass is 16.2. The number of imide groups is 1. The van der Waals surface area contributed by atoms with E-state index in [1.54, 1.807) is 0 Å². The lowest BCUT2D eigenvalue weighted by Gasteiger charge is -2.24. The third kappa shape index (κ3) is 2.58. The van der Waals surface area contributed by atoms with Crippen molar-refractivity contribution in [3.05, 3.63) is 60.7 Å². The molecule has 2 aliphatic rings. The van der Waals surface area contributed by atoms with Gasteiger partial charge < -0.3 is 4.90 Å². The Hall–Kier alpha value is -3.21. The number of nitrogens with zero attached hydrogens (tertiary/aromatic N) is 2. The number of nitrogens with one attached hydrogen (secondary N) is 1. The number of hydrogen-bond donors (Lipinski definition) is 1. The molecule has 3 aromatic rings. The smallest absolute Gasteiger partial charge is 0.235 e. The predicted molar refractivity (Wildman–Crippen MR) is 104 cm³/mol. The first-order valence-electron chi connectivity index (χ1n) is 9.19. The van der Waals surface area contributed by atoms with Gasteiger partial charge in [-0.15, -0.1) is 0 Å². The number of anilines is 1. The van der Waals surface area contributed by atoms with Crippen LogP contribution in [0.1, 0.15) is 12.8 Å². The molecule has 0 radical (unpaired) electrons. The van der Waals surface area contributed by atoms with Gasteiger partial charge in [-0.1, -0.05) is 48.5 Å². The van der Waals surface area contributed by atoms with Crippen LogP contribution in [0.2, 0.25) is 0 Å². The summed E-state index contributed by atoms with van der Waals surface area (Å²) in [6.45, 7) is 1.32. The van der Waals surface area contributed by atoms with Crippen molar-refractivity contribution >= 4 is 28.4 Å². The Labute approximate surface area is 157 Å². The Morgan fingerprint density at radius 3 is 2.56 bits per heavy atom. The third-order valence-electron chi connectivity index (χ3n) is 5.69. The molecule has 0 bridgehead atoms. The SMILES string of the molecule is O=C1CC2(CCN(c3cc(-c4ccccc4)nc4ccccc34)C2)C(=O)N1. The summed E-state index contributed by atoms with van der Waals surface area (Å²) in [5, 5.41) is 3.55. The first kappa shape index (κ1) is 16.0. The maximum atomic E-state index is 12.4. The Morgan fingerprint density at radius 2 is 1.78 bits per heavy atom. The van der Waals surface area contributed by atoms with Crippen LogP contribution in [-0.4, -0.2) is 29.9 Å². The van der Waals surface area contributed by atoms with Gasteiger partial charge in [0.15, 0.2) is 0 Å². The topological polar surface area (TPSA) is 62.3 Å². The molecular weight excluding hydrogens is 338 g/mol. The molecule has 1 spiro atoms. The number of carbonyl (C=O) groups is 2. The second kappa shape index (κ2) is 5.91. The first-order chi connectivity index (χ1) is 13.1. The van der Waals surface area contributed by atoms with E-state index in [4.69, 9.17) is 4.98 Å². The molecule has 3 heterocycles. The molecule has 2 amide bonds. The van der Waals surface area contributed by atoms with Gasteiger partial charge in [0.05, 0.1) is 16.6 Å². The minimum atomic E-state index is -0.589. The number of aromatic nitrogens is 1. The number of rotatable bonds is 2. The molecule has 5 nitrogen and oxygen atoms in total. The zero-order valence-electron chi connectivity index (χ0n) is 14.8. The van der Waals surface area contributed by atoms with Crippen LogP contribution in [0, 0.1) is 5.41 Å². The number of fused-ring (bicyclic) bond motifs is 1. The molecule has 2 saturated heterocycles. The van der Waals surface area contributed by atoms with Crippen molar-refractivity contribution in [3.8, 4) is 11.3 Å². The zero-order valence-corrected chi connectivity index (χ0v) is 14.8. The summed E-state index contributed by atoms with van der Waals surface area (Å²) in [5.74, 6) is -0.289. The average Bonchev–Trinajstić information content (AvgIpc) is 3.24. The average molecular weight is 357 g/mol. The van der Waals surface area contributed by atoms with Crippen LogP contribution >= 0.6 is 0 Å². The normalized spacial score (nSPS) is 22.0. The maximum absolute atomic E-state index is 12.4. The van der Waals surface area contributed by atoms with Crippen molar-refractivity contribution in [2.75, 3.05) is 18.0 Å². The lowest BCUT2D eigenvalue weighted by molar-refractivity contribution is -0.127. The van der Waals surface area contributed by atoms with Gasteiger partial charge in [-0.3, -0.25) is 14.9 Å². The Kier molecular flexibility index (Phi) is 3.50. The predicted octanol–water partition coefficient (Wildman–Crippen LogP) is 3.14. The molecule has 1 N–H and O–H groups in total. The van der Waals surface area contributed by atoms with Crippen LogP contribution in [0.3, 0.4) is 0 Å². The van der Waals surface area contributed by atoms with Gasteiger partial charge in [0.1, 0.15) is 0 Å². The molecule has 5 heteroatoms. The summed E-state index contributed by atoms with van der Waals surface area (Å²) in [5.41, 5.74) is 3.39. The van der Waals surface area contributed by atoms with E-state index in [1.165, 1.54) is 0 Å². The lowest BCUT2D eigenvalue weighted by atomic mass is 9.85. The number of benzene rings is 2. The van der Waals surface area contributed by atoms with Crippen molar-refractivity contribution in [1.82, 2.24) is 10.3 Å². The molecule has 1 atom stereocenters. The van der Waals surface area contributed by atoms with E-state index in [0.717, 1.165) is 34.4 Å². The fourth-order valence-electron chi connectivity index (χ4n) is 4.27. The summed E-state index contributed by atoms with van der Waals surface area (Å²) in [6, 6.07) is 20.3. The van der Waals surface area contributed by atoms with E-state index in [-0.39, 0.29) is 18.2 Å². The van der Waals surface area contributed by atoms with Gasteiger partial charge in [-0.05, 0) is 18.6 Å². The Morgan fingerprint density at radius 1 is 1.00 bits per heavy atom. The molecule has 2 fully saturated rings. The highest BCUT2D eigenvalue weighted by Gasteiger charge is 2.51. The van der Waals surface area contributed by atoms with Crippen molar-refractivity contribution in [2.45, 2.75) is 12.8 Å². The van der Waals surface area contributed by atoms with Gasteiger partial charge in [0.25, 0.3) is 0 Å². The van der Waals surface area contributed by atoms with Crippen LogP contribution in [-0.2, 0) is 9.59 Å². The number of hydrogen-bond acceptors (Lipinski definition) is 4. The quantitative estimate of drug-likeness (QED) is 0.716. The number of amides is 2. The fourth-order valence-corrected chi connectivity index (χ4v) is 4.27. The molecule has 27 heavy (non-hydrogen) atoms. The Bertz CT molecular complexity index is 1060. The van der Waals surface area contributed by atoms with Crippen LogP contribution in [0.5, 0.6) is 0 Å². The molecule has 5 rings (SSSR count). The van der Waals surface area contributed by atoms with E-state index in [0.29, 0.717) is 13.0 Å². The zero-order chi connectivity index (χ0) is 18.4.